The van der Waals surface area contributed by atoms with Crippen LogP contribution in [0.1, 0.15) is 44.3 Å². The third-order valence-electron chi connectivity index (χ3n) is 4.56. The molecule has 164 valence electrons. The first kappa shape index (κ1) is 22.7. The predicted molar refractivity (Wildman–Crippen MR) is 123 cm³/mol. The fourth-order valence-electron chi connectivity index (χ4n) is 3.13. The molecule has 1 N–H and O–H groups in total. The van der Waals surface area contributed by atoms with E-state index in [2.05, 4.69) is 29.4 Å². The fraction of sp³-hybridized carbons (Fsp3) is 0.348. The van der Waals surface area contributed by atoms with Gasteiger partial charge in [-0.05, 0) is 57.5 Å². The molecule has 1 amide bonds. The zero-order valence-electron chi connectivity index (χ0n) is 18.5. The number of aromatic nitrogens is 3. The van der Waals surface area contributed by atoms with Crippen LogP contribution in [0.2, 0.25) is 0 Å². The lowest BCUT2D eigenvalue weighted by Gasteiger charge is -2.19. The zero-order chi connectivity index (χ0) is 22.4. The molecule has 31 heavy (non-hydrogen) atoms. The average Bonchev–Trinajstić information content (AvgIpc) is 3.17. The number of methoxy groups -OCH3 is 1. The molecule has 0 aliphatic carbocycles. The van der Waals surface area contributed by atoms with Crippen LogP contribution >= 0.6 is 11.8 Å². The molecule has 0 aliphatic heterocycles. The van der Waals surface area contributed by atoms with Gasteiger partial charge in [0.25, 0.3) is 0 Å². The van der Waals surface area contributed by atoms with E-state index in [1.807, 2.05) is 66.9 Å². The van der Waals surface area contributed by atoms with Gasteiger partial charge in [0.15, 0.2) is 17.1 Å². The molecule has 8 heteroatoms. The van der Waals surface area contributed by atoms with E-state index < -0.39 is 0 Å². The number of nitrogens with one attached hydrogen (secondary N) is 1. The molecule has 3 aromatic rings. The number of thioether (sulfide) groups is 1. The molecule has 0 fully saturated rings. The van der Waals surface area contributed by atoms with Crippen molar-refractivity contribution < 1.29 is 14.3 Å². The van der Waals surface area contributed by atoms with E-state index in [0.717, 1.165) is 17.0 Å². The maximum absolute atomic E-state index is 12.4. The van der Waals surface area contributed by atoms with Crippen molar-refractivity contribution in [3.63, 3.8) is 0 Å². The third kappa shape index (κ3) is 6.01. The van der Waals surface area contributed by atoms with Gasteiger partial charge < -0.3 is 19.4 Å². The van der Waals surface area contributed by atoms with Gasteiger partial charge in [0.1, 0.15) is 11.5 Å². The molecule has 1 atom stereocenters. The SMILES string of the molecule is COc1cccc(OC(C)c2nnc(SCC(=O)Nc3cccc(C)c3)n2C(C)C)c1. The lowest BCUT2D eigenvalue weighted by atomic mass is 10.2. The van der Waals surface area contributed by atoms with E-state index in [4.69, 9.17) is 9.47 Å². The van der Waals surface area contributed by atoms with E-state index >= 15 is 0 Å². The number of hydrogen-bond acceptors (Lipinski definition) is 6. The Morgan fingerprint density at radius 1 is 1.10 bits per heavy atom. The molecule has 0 radical (unpaired) electrons. The second kappa shape index (κ2) is 10.3. The summed E-state index contributed by atoms with van der Waals surface area (Å²) in [6, 6.07) is 15.3. The molecule has 0 aliphatic rings. The van der Waals surface area contributed by atoms with Crippen LogP contribution in [-0.2, 0) is 4.79 Å². The summed E-state index contributed by atoms with van der Waals surface area (Å²) in [6.07, 6.45) is -0.322. The highest BCUT2D eigenvalue weighted by molar-refractivity contribution is 7.99. The van der Waals surface area contributed by atoms with Crippen LogP contribution in [0, 0.1) is 6.92 Å². The summed E-state index contributed by atoms with van der Waals surface area (Å²) in [5, 5.41) is 12.3. The van der Waals surface area contributed by atoms with Gasteiger partial charge in [-0.1, -0.05) is 30.0 Å². The van der Waals surface area contributed by atoms with Crippen LogP contribution in [0.3, 0.4) is 0 Å². The van der Waals surface area contributed by atoms with Gasteiger partial charge in [-0.3, -0.25) is 4.79 Å². The van der Waals surface area contributed by atoms with Crippen molar-refractivity contribution in [1.82, 2.24) is 14.8 Å². The highest BCUT2D eigenvalue weighted by atomic mass is 32.2. The van der Waals surface area contributed by atoms with Gasteiger partial charge in [-0.2, -0.15) is 0 Å². The summed E-state index contributed by atoms with van der Waals surface area (Å²) in [5.74, 6) is 2.28. The summed E-state index contributed by atoms with van der Waals surface area (Å²) in [6.45, 7) is 8.04. The normalized spacial score (nSPS) is 11.9. The summed E-state index contributed by atoms with van der Waals surface area (Å²) >= 11 is 1.36. The topological polar surface area (TPSA) is 78.3 Å². The summed E-state index contributed by atoms with van der Waals surface area (Å²) in [5.41, 5.74) is 1.89. The van der Waals surface area contributed by atoms with Gasteiger partial charge in [0, 0.05) is 17.8 Å². The molecular weight excluding hydrogens is 412 g/mol. The number of carbonyl (C=O) groups is 1. The van der Waals surface area contributed by atoms with Crippen LogP contribution in [0.25, 0.3) is 0 Å². The zero-order valence-corrected chi connectivity index (χ0v) is 19.3. The Kier molecular flexibility index (Phi) is 7.57. The third-order valence-corrected chi connectivity index (χ3v) is 5.50. The van der Waals surface area contributed by atoms with Gasteiger partial charge in [-0.15, -0.1) is 10.2 Å². The van der Waals surface area contributed by atoms with E-state index in [1.54, 1.807) is 7.11 Å². The van der Waals surface area contributed by atoms with Crippen molar-refractivity contribution >= 4 is 23.4 Å². The minimum Gasteiger partial charge on any atom is -0.497 e. The Balaban J connectivity index is 1.68. The van der Waals surface area contributed by atoms with Gasteiger partial charge >= 0.3 is 0 Å². The molecule has 1 heterocycles. The van der Waals surface area contributed by atoms with Crippen molar-refractivity contribution in [2.75, 3.05) is 18.2 Å². The van der Waals surface area contributed by atoms with Crippen molar-refractivity contribution in [2.24, 2.45) is 0 Å². The van der Waals surface area contributed by atoms with Crippen LogP contribution in [0.4, 0.5) is 5.69 Å². The van der Waals surface area contributed by atoms with E-state index in [0.29, 0.717) is 16.7 Å². The Morgan fingerprint density at radius 2 is 1.84 bits per heavy atom. The van der Waals surface area contributed by atoms with Crippen molar-refractivity contribution in [3.05, 3.63) is 59.9 Å². The number of benzene rings is 2. The van der Waals surface area contributed by atoms with Crippen LogP contribution in [-0.4, -0.2) is 33.5 Å². The van der Waals surface area contributed by atoms with Crippen LogP contribution in [0.5, 0.6) is 11.5 Å². The largest absolute Gasteiger partial charge is 0.497 e. The Hall–Kier alpha value is -3.00. The monoisotopic (exact) mass is 440 g/mol. The molecular formula is C23H28N4O3S. The molecule has 0 spiro atoms. The maximum atomic E-state index is 12.4. The molecule has 0 bridgehead atoms. The number of nitrogens with zero attached hydrogens (tertiary/aromatic N) is 3. The number of rotatable bonds is 9. The Bertz CT molecular complexity index is 1040. The summed E-state index contributed by atoms with van der Waals surface area (Å²) in [4.78, 5) is 12.4. The first-order chi connectivity index (χ1) is 14.9. The highest BCUT2D eigenvalue weighted by Gasteiger charge is 2.22. The van der Waals surface area contributed by atoms with Gasteiger partial charge in [0.05, 0.1) is 12.9 Å². The average molecular weight is 441 g/mol. The fourth-order valence-corrected chi connectivity index (χ4v) is 4.01. The highest BCUT2D eigenvalue weighted by Crippen LogP contribution is 2.29. The Morgan fingerprint density at radius 3 is 2.55 bits per heavy atom. The molecule has 7 nitrogen and oxygen atoms in total. The predicted octanol–water partition coefficient (Wildman–Crippen LogP) is 5.05. The van der Waals surface area contributed by atoms with Crippen molar-refractivity contribution in [2.45, 2.75) is 45.0 Å². The number of amides is 1. The number of carbonyl (C=O) groups excluding carboxylic acids is 1. The molecule has 0 saturated carbocycles. The summed E-state index contributed by atoms with van der Waals surface area (Å²) < 4.78 is 13.3. The molecule has 3 rings (SSSR count). The molecule has 1 aromatic heterocycles. The smallest absolute Gasteiger partial charge is 0.234 e. The second-order valence-electron chi connectivity index (χ2n) is 7.45. The minimum atomic E-state index is -0.322. The van der Waals surface area contributed by atoms with E-state index in [1.165, 1.54) is 11.8 Å². The molecule has 0 saturated heterocycles. The van der Waals surface area contributed by atoms with Gasteiger partial charge in [0.2, 0.25) is 5.91 Å². The summed E-state index contributed by atoms with van der Waals surface area (Å²) in [7, 11) is 1.62. The van der Waals surface area contributed by atoms with E-state index in [9.17, 15) is 4.79 Å². The van der Waals surface area contributed by atoms with Crippen LogP contribution in [0.15, 0.2) is 53.7 Å². The van der Waals surface area contributed by atoms with Crippen LogP contribution < -0.4 is 14.8 Å². The quantitative estimate of drug-likeness (QED) is 0.469. The first-order valence-corrected chi connectivity index (χ1v) is 11.1. The van der Waals surface area contributed by atoms with Gasteiger partial charge in [-0.25, -0.2) is 0 Å². The van der Waals surface area contributed by atoms with E-state index in [-0.39, 0.29) is 23.8 Å². The number of aryl methyl sites for hydroxylation is 1. The maximum Gasteiger partial charge on any atom is 0.234 e. The number of hydrogen-bond donors (Lipinski definition) is 1. The number of ether oxygens (including phenoxy) is 2. The molecule has 1 unspecified atom stereocenters. The first-order valence-electron chi connectivity index (χ1n) is 10.1. The number of anilines is 1. The Labute approximate surface area is 187 Å². The molecule has 2 aromatic carbocycles. The van der Waals surface area contributed by atoms with Crippen molar-refractivity contribution in [1.29, 1.82) is 0 Å². The van der Waals surface area contributed by atoms with Crippen molar-refractivity contribution in [3.8, 4) is 11.5 Å². The lowest BCUT2D eigenvalue weighted by Crippen LogP contribution is -2.16. The lowest BCUT2D eigenvalue weighted by molar-refractivity contribution is -0.113. The minimum absolute atomic E-state index is 0.0869. The second-order valence-corrected chi connectivity index (χ2v) is 8.39. The standard InChI is InChI=1S/C23H28N4O3S/c1-15(2)27-22(17(4)30-20-11-7-10-19(13-20)29-5)25-26-23(27)31-14-21(28)24-18-9-6-8-16(3)12-18/h6-13,15,17H,14H2,1-5H3,(H,24,28).